The van der Waals surface area contributed by atoms with Crippen molar-refractivity contribution in [2.75, 3.05) is 0 Å². The van der Waals surface area contributed by atoms with Crippen molar-refractivity contribution in [3.63, 3.8) is 0 Å². The van der Waals surface area contributed by atoms with Crippen molar-refractivity contribution in [1.82, 2.24) is 0 Å². The molecule has 0 heteroatoms. The molecule has 0 fully saturated rings. The molecule has 4 rings (SSSR count). The molecule has 0 nitrogen and oxygen atoms in total. The number of aryl methyl sites for hydroxylation is 1. The zero-order chi connectivity index (χ0) is 16.7. The van der Waals surface area contributed by atoms with Crippen LogP contribution in [0.3, 0.4) is 0 Å². The molecule has 0 aliphatic heterocycles. The Kier molecular flexibility index (Phi) is 3.57. The topological polar surface area (TPSA) is 0 Å². The van der Waals surface area contributed by atoms with Crippen LogP contribution in [0.2, 0.25) is 0 Å². The van der Waals surface area contributed by atoms with Crippen LogP contribution in [0.5, 0.6) is 0 Å². The third kappa shape index (κ3) is 2.06. The third-order valence-electron chi connectivity index (χ3n) is 5.86. The maximum Gasteiger partial charge on any atom is 0.0210 e. The van der Waals surface area contributed by atoms with E-state index in [4.69, 9.17) is 0 Å². The monoisotopic (exact) mass is 312 g/mol. The van der Waals surface area contributed by atoms with Crippen molar-refractivity contribution in [3.8, 4) is 22.3 Å². The van der Waals surface area contributed by atoms with E-state index < -0.39 is 0 Å². The van der Waals surface area contributed by atoms with Gasteiger partial charge in [-0.3, -0.25) is 0 Å². The molecule has 0 saturated heterocycles. The minimum absolute atomic E-state index is 0.159. The van der Waals surface area contributed by atoms with E-state index in [0.29, 0.717) is 0 Å². The Labute approximate surface area is 145 Å². The largest absolute Gasteiger partial charge is 0.0642 e. The zero-order valence-electron chi connectivity index (χ0n) is 14.8. The molecule has 0 bridgehead atoms. The third-order valence-corrected chi connectivity index (χ3v) is 5.86. The summed E-state index contributed by atoms with van der Waals surface area (Å²) in [5, 5.41) is 0. The number of rotatable bonds is 3. The molecule has 0 radical (unpaired) electrons. The Hall–Kier alpha value is -2.34. The van der Waals surface area contributed by atoms with Crippen molar-refractivity contribution in [2.45, 2.75) is 39.0 Å². The molecule has 3 aromatic carbocycles. The summed E-state index contributed by atoms with van der Waals surface area (Å²) in [6.07, 6.45) is 2.29. The Bertz CT molecular complexity index is 880. The molecule has 0 heterocycles. The number of hydrogen-bond acceptors (Lipinski definition) is 0. The molecule has 3 aromatic rings. The van der Waals surface area contributed by atoms with Gasteiger partial charge in [-0.25, -0.2) is 0 Å². The standard InChI is InChI=1S/C24H24/c1-4-24(5-2)22-9-7-6-8-20(22)21-15-14-19(16-23(21)24)18-12-10-17(3)11-13-18/h6-16H,4-5H2,1-3H3. The molecule has 1 aliphatic rings. The van der Waals surface area contributed by atoms with Gasteiger partial charge in [0.25, 0.3) is 0 Å². The minimum atomic E-state index is 0.159. The van der Waals surface area contributed by atoms with Crippen LogP contribution in [0.1, 0.15) is 43.4 Å². The van der Waals surface area contributed by atoms with Crippen LogP contribution < -0.4 is 0 Å². The molecule has 0 atom stereocenters. The second kappa shape index (κ2) is 5.63. The van der Waals surface area contributed by atoms with Crippen molar-refractivity contribution >= 4 is 0 Å². The molecule has 0 amide bonds. The van der Waals surface area contributed by atoms with Gasteiger partial charge in [-0.1, -0.05) is 80.1 Å². The minimum Gasteiger partial charge on any atom is -0.0642 e. The summed E-state index contributed by atoms with van der Waals surface area (Å²) in [6, 6.07) is 24.9. The van der Waals surface area contributed by atoms with Gasteiger partial charge in [0.15, 0.2) is 0 Å². The first-order chi connectivity index (χ1) is 11.7. The van der Waals surface area contributed by atoms with Crippen molar-refractivity contribution in [2.24, 2.45) is 0 Å². The van der Waals surface area contributed by atoms with E-state index in [1.807, 2.05) is 0 Å². The van der Waals surface area contributed by atoms with E-state index in [2.05, 4.69) is 87.5 Å². The Morgan fingerprint density at radius 3 is 2.00 bits per heavy atom. The van der Waals surface area contributed by atoms with Gasteiger partial charge in [-0.15, -0.1) is 0 Å². The maximum absolute atomic E-state index is 2.44. The van der Waals surface area contributed by atoms with Crippen LogP contribution >= 0.6 is 0 Å². The van der Waals surface area contributed by atoms with E-state index in [1.54, 1.807) is 0 Å². The first kappa shape index (κ1) is 15.2. The lowest BCUT2D eigenvalue weighted by Gasteiger charge is -2.30. The van der Waals surface area contributed by atoms with E-state index >= 15 is 0 Å². The summed E-state index contributed by atoms with van der Waals surface area (Å²) in [7, 11) is 0. The molecule has 0 unspecified atom stereocenters. The fourth-order valence-corrected chi connectivity index (χ4v) is 4.39. The van der Waals surface area contributed by atoms with Crippen LogP contribution in [-0.2, 0) is 5.41 Å². The van der Waals surface area contributed by atoms with Gasteiger partial charge >= 0.3 is 0 Å². The van der Waals surface area contributed by atoms with Crippen LogP contribution in [0.25, 0.3) is 22.3 Å². The summed E-state index contributed by atoms with van der Waals surface area (Å²) in [5.41, 5.74) is 9.96. The highest BCUT2D eigenvalue weighted by Crippen LogP contribution is 2.53. The summed E-state index contributed by atoms with van der Waals surface area (Å²) in [5.74, 6) is 0. The Morgan fingerprint density at radius 1 is 0.667 bits per heavy atom. The second-order valence-corrected chi connectivity index (χ2v) is 6.96. The quantitative estimate of drug-likeness (QED) is 0.502. The van der Waals surface area contributed by atoms with E-state index in [9.17, 15) is 0 Å². The van der Waals surface area contributed by atoms with Crippen LogP contribution in [-0.4, -0.2) is 0 Å². The number of benzene rings is 3. The number of hydrogen-bond donors (Lipinski definition) is 0. The second-order valence-electron chi connectivity index (χ2n) is 6.96. The highest BCUT2D eigenvalue weighted by atomic mass is 14.4. The predicted molar refractivity (Wildman–Crippen MR) is 103 cm³/mol. The summed E-state index contributed by atoms with van der Waals surface area (Å²) in [6.45, 7) is 6.80. The van der Waals surface area contributed by atoms with Crippen molar-refractivity contribution < 1.29 is 0 Å². The summed E-state index contributed by atoms with van der Waals surface area (Å²) < 4.78 is 0. The fourth-order valence-electron chi connectivity index (χ4n) is 4.39. The summed E-state index contributed by atoms with van der Waals surface area (Å²) in [4.78, 5) is 0. The maximum atomic E-state index is 2.44. The first-order valence-corrected chi connectivity index (χ1v) is 9.01. The van der Waals surface area contributed by atoms with Crippen molar-refractivity contribution in [3.05, 3.63) is 83.4 Å². The molecule has 0 N–H and O–H groups in total. The van der Waals surface area contributed by atoms with Crippen LogP contribution in [0, 0.1) is 6.92 Å². The molecule has 1 aliphatic carbocycles. The summed E-state index contributed by atoms with van der Waals surface area (Å²) >= 11 is 0. The molecule has 0 aromatic heterocycles. The van der Waals surface area contributed by atoms with Gasteiger partial charge in [0, 0.05) is 5.41 Å². The van der Waals surface area contributed by atoms with Crippen LogP contribution in [0.15, 0.2) is 66.7 Å². The highest BCUT2D eigenvalue weighted by Gasteiger charge is 2.40. The predicted octanol–water partition coefficient (Wildman–Crippen LogP) is 6.75. The van der Waals surface area contributed by atoms with E-state index in [1.165, 1.54) is 38.9 Å². The van der Waals surface area contributed by atoms with E-state index in [0.717, 1.165) is 12.8 Å². The first-order valence-electron chi connectivity index (χ1n) is 9.01. The van der Waals surface area contributed by atoms with E-state index in [-0.39, 0.29) is 5.41 Å². The fraction of sp³-hybridized carbons (Fsp3) is 0.250. The Morgan fingerprint density at radius 2 is 1.29 bits per heavy atom. The lowest BCUT2D eigenvalue weighted by molar-refractivity contribution is 0.490. The lowest BCUT2D eigenvalue weighted by Crippen LogP contribution is -2.23. The number of fused-ring (bicyclic) bond motifs is 3. The van der Waals surface area contributed by atoms with Crippen LogP contribution in [0.4, 0.5) is 0 Å². The average molecular weight is 312 g/mol. The Balaban J connectivity index is 1.94. The van der Waals surface area contributed by atoms with Gasteiger partial charge in [0.05, 0.1) is 0 Å². The molecular formula is C24H24. The SMILES string of the molecule is CCC1(CC)c2ccccc2-c2ccc(-c3ccc(C)cc3)cc21. The molecule has 24 heavy (non-hydrogen) atoms. The van der Waals surface area contributed by atoms with Gasteiger partial charge < -0.3 is 0 Å². The normalized spacial score (nSPS) is 14.3. The smallest absolute Gasteiger partial charge is 0.0210 e. The van der Waals surface area contributed by atoms with Gasteiger partial charge in [0.2, 0.25) is 0 Å². The molecule has 0 saturated carbocycles. The van der Waals surface area contributed by atoms with Gasteiger partial charge in [-0.05, 0) is 59.2 Å². The lowest BCUT2D eigenvalue weighted by atomic mass is 9.73. The van der Waals surface area contributed by atoms with Gasteiger partial charge in [0.1, 0.15) is 0 Å². The zero-order valence-corrected chi connectivity index (χ0v) is 14.8. The van der Waals surface area contributed by atoms with Crippen molar-refractivity contribution in [1.29, 1.82) is 0 Å². The average Bonchev–Trinajstić information content (AvgIpc) is 2.92. The molecular weight excluding hydrogens is 288 g/mol. The van der Waals surface area contributed by atoms with Gasteiger partial charge in [-0.2, -0.15) is 0 Å². The molecule has 0 spiro atoms. The highest BCUT2D eigenvalue weighted by molar-refractivity contribution is 5.83. The molecule has 120 valence electrons.